The number of aromatic nitrogens is 4. The Balaban J connectivity index is 1.45. The van der Waals surface area contributed by atoms with Gasteiger partial charge in [0.15, 0.2) is 5.65 Å². The number of benzene rings is 1. The van der Waals surface area contributed by atoms with Crippen LogP contribution in [-0.2, 0) is 4.74 Å². The number of nitrogens with zero attached hydrogens (tertiary/aromatic N) is 5. The molecule has 2 aromatic heterocycles. The fourth-order valence-electron chi connectivity index (χ4n) is 4.77. The molecule has 7 heteroatoms. The highest BCUT2D eigenvalue weighted by atomic mass is 16.5. The molecule has 0 amide bonds. The van der Waals surface area contributed by atoms with E-state index in [9.17, 15) is 0 Å². The van der Waals surface area contributed by atoms with E-state index < -0.39 is 0 Å². The van der Waals surface area contributed by atoms with Crippen LogP contribution in [0.2, 0.25) is 0 Å². The highest BCUT2D eigenvalue weighted by Gasteiger charge is 2.30. The molecule has 1 aliphatic heterocycles. The van der Waals surface area contributed by atoms with Crippen LogP contribution in [0.3, 0.4) is 0 Å². The Kier molecular flexibility index (Phi) is 4.93. The number of hydrogen-bond acceptors (Lipinski definition) is 6. The first-order chi connectivity index (χ1) is 14.2. The van der Waals surface area contributed by atoms with Crippen LogP contribution in [0, 0.1) is 6.92 Å². The van der Waals surface area contributed by atoms with Gasteiger partial charge in [0.2, 0.25) is 0 Å². The van der Waals surface area contributed by atoms with Crippen LogP contribution in [0.25, 0.3) is 22.3 Å². The van der Waals surface area contributed by atoms with Gasteiger partial charge in [0.25, 0.3) is 0 Å². The zero-order chi connectivity index (χ0) is 19.8. The van der Waals surface area contributed by atoms with Crippen molar-refractivity contribution in [2.45, 2.75) is 44.7 Å². The van der Waals surface area contributed by atoms with Gasteiger partial charge in [-0.05, 0) is 32.6 Å². The van der Waals surface area contributed by atoms with Crippen LogP contribution in [0.5, 0.6) is 0 Å². The molecular weight excluding hydrogens is 364 g/mol. The maximum absolute atomic E-state index is 6.26. The zero-order valence-electron chi connectivity index (χ0n) is 16.9. The molecule has 3 aromatic rings. The summed E-state index contributed by atoms with van der Waals surface area (Å²) in [7, 11) is 0. The normalized spacial score (nSPS) is 23.5. The first-order valence-electron chi connectivity index (χ1n) is 10.6. The predicted molar refractivity (Wildman–Crippen MR) is 114 cm³/mol. The average Bonchev–Trinajstić information content (AvgIpc) is 3.16. The minimum absolute atomic E-state index is 0.350. The summed E-state index contributed by atoms with van der Waals surface area (Å²) in [6, 6.07) is 9.42. The van der Waals surface area contributed by atoms with Gasteiger partial charge in [-0.15, -0.1) is 0 Å². The number of aryl methyl sites for hydroxylation is 1. The molecule has 7 nitrogen and oxygen atoms in total. The summed E-state index contributed by atoms with van der Waals surface area (Å²) in [5.41, 5.74) is 10.3. The van der Waals surface area contributed by atoms with E-state index in [4.69, 9.17) is 15.6 Å². The second-order valence-electron chi connectivity index (χ2n) is 8.23. The molecule has 0 bridgehead atoms. The maximum Gasteiger partial charge on any atom is 0.164 e. The minimum Gasteiger partial charge on any atom is -0.383 e. The second-order valence-corrected chi connectivity index (χ2v) is 8.23. The van der Waals surface area contributed by atoms with Crippen molar-refractivity contribution in [2.75, 3.05) is 32.0 Å². The Labute approximate surface area is 170 Å². The van der Waals surface area contributed by atoms with Crippen molar-refractivity contribution in [1.29, 1.82) is 0 Å². The molecule has 152 valence electrons. The fourth-order valence-corrected chi connectivity index (χ4v) is 4.77. The van der Waals surface area contributed by atoms with Gasteiger partial charge in [-0.1, -0.05) is 29.8 Å². The van der Waals surface area contributed by atoms with Crippen LogP contribution in [0.15, 0.2) is 30.6 Å². The lowest BCUT2D eigenvalue weighted by molar-refractivity contribution is 0.00520. The molecule has 0 atom stereocenters. The number of rotatable bonds is 3. The van der Waals surface area contributed by atoms with Crippen LogP contribution in [-0.4, -0.2) is 57.0 Å². The molecule has 2 aliphatic rings. The average molecular weight is 393 g/mol. The Bertz CT molecular complexity index is 984. The van der Waals surface area contributed by atoms with Gasteiger partial charge < -0.3 is 10.5 Å². The van der Waals surface area contributed by atoms with Crippen molar-refractivity contribution in [1.82, 2.24) is 24.6 Å². The highest BCUT2D eigenvalue weighted by molar-refractivity contribution is 5.98. The summed E-state index contributed by atoms with van der Waals surface area (Å²) in [6.07, 6.45) is 6.14. The molecule has 2 fully saturated rings. The molecule has 1 saturated heterocycles. The van der Waals surface area contributed by atoms with E-state index in [-0.39, 0.29) is 0 Å². The number of nitrogens with two attached hydrogens (primary N) is 1. The molecule has 2 N–H and O–H groups in total. The van der Waals surface area contributed by atoms with Crippen molar-refractivity contribution in [3.8, 4) is 11.3 Å². The van der Waals surface area contributed by atoms with Crippen molar-refractivity contribution < 1.29 is 4.74 Å². The molecule has 1 aromatic carbocycles. The van der Waals surface area contributed by atoms with Gasteiger partial charge >= 0.3 is 0 Å². The van der Waals surface area contributed by atoms with E-state index in [1.807, 2.05) is 0 Å². The van der Waals surface area contributed by atoms with E-state index in [1.165, 1.54) is 18.4 Å². The smallest absolute Gasteiger partial charge is 0.164 e. The van der Waals surface area contributed by atoms with Gasteiger partial charge in [0, 0.05) is 24.7 Å². The van der Waals surface area contributed by atoms with E-state index in [1.54, 1.807) is 6.33 Å². The summed E-state index contributed by atoms with van der Waals surface area (Å²) in [6.45, 7) is 5.92. The lowest BCUT2D eigenvalue weighted by atomic mass is 9.90. The van der Waals surface area contributed by atoms with Crippen LogP contribution in [0.4, 0.5) is 5.82 Å². The molecule has 29 heavy (non-hydrogen) atoms. The third-order valence-electron chi connectivity index (χ3n) is 6.42. The minimum atomic E-state index is 0.350. The Morgan fingerprint density at radius 1 is 0.966 bits per heavy atom. The van der Waals surface area contributed by atoms with E-state index in [2.05, 4.69) is 50.7 Å². The molecule has 3 heterocycles. The van der Waals surface area contributed by atoms with Crippen molar-refractivity contribution >= 4 is 16.9 Å². The third kappa shape index (κ3) is 3.49. The van der Waals surface area contributed by atoms with Crippen LogP contribution in [0.1, 0.15) is 37.3 Å². The Hall–Kier alpha value is -2.51. The number of ether oxygens (including phenoxy) is 1. The molecule has 0 unspecified atom stereocenters. The van der Waals surface area contributed by atoms with Crippen molar-refractivity contribution in [2.24, 2.45) is 0 Å². The lowest BCUT2D eigenvalue weighted by Crippen LogP contribution is -2.45. The molecule has 0 radical (unpaired) electrons. The van der Waals surface area contributed by atoms with E-state index in [0.717, 1.165) is 61.4 Å². The Morgan fingerprint density at radius 3 is 2.38 bits per heavy atom. The molecule has 1 saturated carbocycles. The quantitative estimate of drug-likeness (QED) is 0.737. The summed E-state index contributed by atoms with van der Waals surface area (Å²) in [4.78, 5) is 11.4. The number of morpholine rings is 1. The number of fused-ring (bicyclic) bond motifs is 1. The van der Waals surface area contributed by atoms with E-state index in [0.29, 0.717) is 17.9 Å². The van der Waals surface area contributed by atoms with Crippen molar-refractivity contribution in [3.63, 3.8) is 0 Å². The summed E-state index contributed by atoms with van der Waals surface area (Å²) < 4.78 is 7.62. The predicted octanol–water partition coefficient (Wildman–Crippen LogP) is 3.20. The van der Waals surface area contributed by atoms with Crippen LogP contribution < -0.4 is 5.73 Å². The first kappa shape index (κ1) is 18.5. The highest BCUT2D eigenvalue weighted by Crippen LogP contribution is 2.37. The molecule has 5 rings (SSSR count). The van der Waals surface area contributed by atoms with Gasteiger partial charge in [-0.3, -0.25) is 4.90 Å². The monoisotopic (exact) mass is 392 g/mol. The number of nitrogen functional groups attached to an aromatic ring is 1. The second kappa shape index (κ2) is 7.72. The zero-order valence-corrected chi connectivity index (χ0v) is 16.9. The van der Waals surface area contributed by atoms with Gasteiger partial charge in [0.1, 0.15) is 17.8 Å². The first-order valence-corrected chi connectivity index (χ1v) is 10.6. The largest absolute Gasteiger partial charge is 0.383 e. The van der Waals surface area contributed by atoms with Gasteiger partial charge in [-0.2, -0.15) is 5.10 Å². The fraction of sp³-hybridized carbons (Fsp3) is 0.500. The summed E-state index contributed by atoms with van der Waals surface area (Å²) in [5, 5.41) is 5.88. The maximum atomic E-state index is 6.26. The van der Waals surface area contributed by atoms with E-state index >= 15 is 0 Å². The Morgan fingerprint density at radius 2 is 1.66 bits per heavy atom. The number of anilines is 1. The number of hydrogen-bond donors (Lipinski definition) is 1. The standard InChI is InChI=1S/C22H28N6O/c1-15-2-4-16(5-3-15)20-19-21(23)24-14-25-22(19)28(26-20)18-8-6-17(7-9-18)27-10-12-29-13-11-27/h2-5,14,17-18H,6-13H2,1H3,(H2,23,24,25). The molecular formula is C22H28N6O. The lowest BCUT2D eigenvalue weighted by Gasteiger charge is -2.38. The summed E-state index contributed by atoms with van der Waals surface area (Å²) >= 11 is 0. The third-order valence-corrected chi connectivity index (χ3v) is 6.42. The van der Waals surface area contributed by atoms with Crippen LogP contribution >= 0.6 is 0 Å². The molecule has 0 spiro atoms. The molecule has 1 aliphatic carbocycles. The van der Waals surface area contributed by atoms with Crippen molar-refractivity contribution in [3.05, 3.63) is 36.2 Å². The van der Waals surface area contributed by atoms with Gasteiger partial charge in [-0.25, -0.2) is 14.6 Å². The van der Waals surface area contributed by atoms with Gasteiger partial charge in [0.05, 0.1) is 24.6 Å². The SMILES string of the molecule is Cc1ccc(-c2nn(C3CCC(N4CCOCC4)CC3)c3ncnc(N)c23)cc1. The summed E-state index contributed by atoms with van der Waals surface area (Å²) in [5.74, 6) is 0.499. The topological polar surface area (TPSA) is 82.1 Å².